The minimum atomic E-state index is -2.80. The van der Waals surface area contributed by atoms with Crippen molar-refractivity contribution >= 4 is 22.6 Å². The second-order valence-electron chi connectivity index (χ2n) is 5.89. The molecule has 3 rings (SSSR count). The third-order valence-electron chi connectivity index (χ3n) is 4.04. The quantitative estimate of drug-likeness (QED) is 0.746. The fraction of sp³-hybridized carbons (Fsp3) is 0.222. The zero-order valence-electron chi connectivity index (χ0n) is 14.3. The van der Waals surface area contributed by atoms with E-state index in [9.17, 15) is 18.4 Å². The number of hydrogen-bond donors (Lipinski definition) is 1. The van der Waals surface area contributed by atoms with E-state index < -0.39 is 17.9 Å². The van der Waals surface area contributed by atoms with Crippen molar-refractivity contribution in [2.45, 2.75) is 19.4 Å². The van der Waals surface area contributed by atoms with Crippen LogP contribution in [-0.2, 0) is 18.4 Å². The summed E-state index contributed by atoms with van der Waals surface area (Å²) in [4.78, 5) is 24.4. The van der Waals surface area contributed by atoms with Crippen LogP contribution in [0, 0.1) is 11.3 Å². The summed E-state index contributed by atoms with van der Waals surface area (Å²) in [6, 6.07) is 9.37. The zero-order chi connectivity index (χ0) is 19.6. The molecule has 0 aliphatic carbocycles. The molecule has 0 bridgehead atoms. The van der Waals surface area contributed by atoms with Crippen LogP contribution in [0.1, 0.15) is 24.0 Å². The molecule has 0 aliphatic rings. The lowest BCUT2D eigenvalue weighted by Crippen LogP contribution is -2.24. The first-order valence-corrected chi connectivity index (χ1v) is 8.05. The van der Waals surface area contributed by atoms with Crippen LogP contribution in [0.2, 0.25) is 0 Å². The van der Waals surface area contributed by atoms with E-state index in [1.807, 2.05) is 6.07 Å². The van der Waals surface area contributed by atoms with Gasteiger partial charge in [0.1, 0.15) is 6.07 Å². The summed E-state index contributed by atoms with van der Waals surface area (Å²) in [5, 5.41) is 15.9. The molecule has 0 radical (unpaired) electrons. The molecule has 1 N–H and O–H groups in total. The maximum Gasteiger partial charge on any atom is 0.264 e. The molecule has 0 unspecified atom stereocenters. The highest BCUT2D eigenvalue weighted by Gasteiger charge is 2.19. The highest BCUT2D eigenvalue weighted by Crippen LogP contribution is 2.25. The molecule has 1 amide bonds. The first kappa shape index (κ1) is 18.3. The number of nitrogens with one attached hydrogen (secondary N) is 1. The lowest BCUT2D eigenvalue weighted by molar-refractivity contribution is -0.116. The number of nitrogens with zero attached hydrogens (tertiary/aromatic N) is 4. The van der Waals surface area contributed by atoms with Gasteiger partial charge in [-0.15, -0.1) is 0 Å². The molecule has 3 aromatic rings. The van der Waals surface area contributed by atoms with Crippen LogP contribution in [0.4, 0.5) is 14.5 Å². The molecule has 0 spiro atoms. The summed E-state index contributed by atoms with van der Waals surface area (Å²) in [6.45, 7) is -0.0313. The summed E-state index contributed by atoms with van der Waals surface area (Å²) in [5.41, 5.74) is -0.246. The highest BCUT2D eigenvalue weighted by atomic mass is 19.3. The van der Waals surface area contributed by atoms with Crippen molar-refractivity contribution < 1.29 is 13.6 Å². The number of amides is 1. The zero-order valence-corrected chi connectivity index (χ0v) is 14.3. The van der Waals surface area contributed by atoms with Crippen molar-refractivity contribution in [2.75, 3.05) is 5.32 Å². The Balaban J connectivity index is 1.84. The van der Waals surface area contributed by atoms with Crippen LogP contribution in [-0.4, -0.2) is 20.3 Å². The highest BCUT2D eigenvalue weighted by molar-refractivity contribution is 5.92. The summed E-state index contributed by atoms with van der Waals surface area (Å²) in [5.74, 6) is -0.411. The van der Waals surface area contributed by atoms with E-state index in [-0.39, 0.29) is 29.6 Å². The van der Waals surface area contributed by atoms with Gasteiger partial charge < -0.3 is 5.32 Å². The number of alkyl halides is 2. The Kier molecular flexibility index (Phi) is 4.98. The Morgan fingerprint density at radius 3 is 2.81 bits per heavy atom. The van der Waals surface area contributed by atoms with Crippen molar-refractivity contribution in [3.05, 3.63) is 58.0 Å². The Labute approximate surface area is 152 Å². The van der Waals surface area contributed by atoms with Crippen LogP contribution < -0.4 is 10.9 Å². The number of carbonyl (C=O) groups is 1. The van der Waals surface area contributed by atoms with Gasteiger partial charge in [-0.05, 0) is 12.1 Å². The van der Waals surface area contributed by atoms with Gasteiger partial charge in [0, 0.05) is 43.2 Å². The second-order valence-corrected chi connectivity index (χ2v) is 5.89. The molecule has 27 heavy (non-hydrogen) atoms. The molecule has 2 aromatic heterocycles. The number of anilines is 1. The molecule has 2 heterocycles. The van der Waals surface area contributed by atoms with Gasteiger partial charge >= 0.3 is 0 Å². The van der Waals surface area contributed by atoms with Crippen LogP contribution >= 0.6 is 0 Å². The van der Waals surface area contributed by atoms with Gasteiger partial charge in [-0.2, -0.15) is 10.4 Å². The number of para-hydroxylation sites is 1. The summed E-state index contributed by atoms with van der Waals surface area (Å²) in [6.07, 6.45) is -1.47. The van der Waals surface area contributed by atoms with Gasteiger partial charge in [-0.25, -0.2) is 8.78 Å². The van der Waals surface area contributed by atoms with Crippen molar-refractivity contribution in [1.82, 2.24) is 14.3 Å². The van der Waals surface area contributed by atoms with Gasteiger partial charge in [0.2, 0.25) is 5.91 Å². The molecule has 0 atom stereocenters. The third-order valence-corrected chi connectivity index (χ3v) is 4.04. The topological polar surface area (TPSA) is 92.7 Å². The van der Waals surface area contributed by atoms with Crippen LogP contribution in [0.5, 0.6) is 0 Å². The average Bonchev–Trinajstić information content (AvgIpc) is 3.01. The second kappa shape index (κ2) is 7.37. The van der Waals surface area contributed by atoms with Gasteiger partial charge in [0.05, 0.1) is 11.3 Å². The van der Waals surface area contributed by atoms with Gasteiger partial charge in [0.25, 0.3) is 12.0 Å². The monoisotopic (exact) mass is 371 g/mol. The van der Waals surface area contributed by atoms with Crippen molar-refractivity contribution in [3.8, 4) is 6.07 Å². The van der Waals surface area contributed by atoms with E-state index in [1.165, 1.54) is 15.4 Å². The number of nitriles is 1. The van der Waals surface area contributed by atoms with Gasteiger partial charge in [0.15, 0.2) is 5.65 Å². The third kappa shape index (κ3) is 3.69. The van der Waals surface area contributed by atoms with E-state index in [0.29, 0.717) is 11.3 Å². The summed E-state index contributed by atoms with van der Waals surface area (Å²) >= 11 is 0. The fourth-order valence-electron chi connectivity index (χ4n) is 2.79. The number of halogens is 2. The first-order valence-electron chi connectivity index (χ1n) is 8.05. The predicted molar refractivity (Wildman–Crippen MR) is 94.3 cm³/mol. The normalized spacial score (nSPS) is 10.9. The summed E-state index contributed by atoms with van der Waals surface area (Å²) < 4.78 is 28.9. The number of aromatic nitrogens is 3. The van der Waals surface area contributed by atoms with Gasteiger partial charge in [-0.1, -0.05) is 12.1 Å². The molecule has 0 aliphatic heterocycles. The van der Waals surface area contributed by atoms with Crippen LogP contribution in [0.3, 0.4) is 0 Å². The largest absolute Gasteiger partial charge is 0.325 e. The lowest BCUT2D eigenvalue weighted by Gasteiger charge is -2.10. The maximum atomic E-state index is 13.2. The molecule has 1 aromatic carbocycles. The molecule has 138 valence electrons. The molecule has 0 fully saturated rings. The average molecular weight is 371 g/mol. The fourth-order valence-corrected chi connectivity index (χ4v) is 2.79. The molecule has 0 saturated heterocycles. The Morgan fingerprint density at radius 1 is 1.37 bits per heavy atom. The maximum absolute atomic E-state index is 13.2. The molecule has 7 nitrogen and oxygen atoms in total. The minimum Gasteiger partial charge on any atom is -0.325 e. The van der Waals surface area contributed by atoms with Crippen LogP contribution in [0.15, 0.2) is 41.3 Å². The number of rotatable bonds is 5. The Morgan fingerprint density at radius 2 is 2.11 bits per heavy atom. The van der Waals surface area contributed by atoms with E-state index in [0.717, 1.165) is 6.07 Å². The van der Waals surface area contributed by atoms with Crippen molar-refractivity contribution in [3.63, 3.8) is 0 Å². The predicted octanol–water partition coefficient (Wildman–Crippen LogP) is 2.57. The number of aryl methyl sites for hydroxylation is 2. The molecule has 0 saturated carbocycles. The molecular weight excluding hydrogens is 356 g/mol. The van der Waals surface area contributed by atoms with E-state index in [2.05, 4.69) is 10.4 Å². The van der Waals surface area contributed by atoms with E-state index in [4.69, 9.17) is 5.26 Å². The number of pyridine rings is 1. The standard InChI is InChI=1S/C18H15F2N5O2/c1-24-10-13-12(17(19)20)8-16(27)25(18(13)23-24)7-6-15(26)22-14-5-3-2-4-11(14)9-21/h2-5,8,10,17H,6-7H2,1H3,(H,22,26). The first-order chi connectivity index (χ1) is 12.9. The molecular formula is C18H15F2N5O2. The van der Waals surface area contributed by atoms with Crippen molar-refractivity contribution in [1.29, 1.82) is 5.26 Å². The van der Waals surface area contributed by atoms with Gasteiger partial charge in [-0.3, -0.25) is 18.8 Å². The Hall–Kier alpha value is -3.54. The Bertz CT molecular complexity index is 1110. The minimum absolute atomic E-state index is 0.0313. The van der Waals surface area contributed by atoms with Crippen molar-refractivity contribution in [2.24, 2.45) is 7.05 Å². The lowest BCUT2D eigenvalue weighted by atomic mass is 10.2. The van der Waals surface area contributed by atoms with E-state index >= 15 is 0 Å². The SMILES string of the molecule is Cn1cc2c(C(F)F)cc(=O)n(CCC(=O)Nc3ccccc3C#N)c2n1. The van der Waals surface area contributed by atoms with Crippen LogP contribution in [0.25, 0.3) is 11.0 Å². The molecule has 9 heteroatoms. The number of carbonyl (C=O) groups excluding carboxylic acids is 1. The number of benzene rings is 1. The number of fused-ring (bicyclic) bond motifs is 1. The number of hydrogen-bond acceptors (Lipinski definition) is 4. The van der Waals surface area contributed by atoms with E-state index in [1.54, 1.807) is 31.3 Å². The summed E-state index contributed by atoms with van der Waals surface area (Å²) in [7, 11) is 1.57. The smallest absolute Gasteiger partial charge is 0.264 e.